The first-order chi connectivity index (χ1) is 9.12. The molecule has 0 fully saturated rings. The Labute approximate surface area is 112 Å². The smallest absolute Gasteiger partial charge is 0.329 e. The molecule has 2 N–H and O–H groups in total. The fourth-order valence-corrected chi connectivity index (χ4v) is 1.71. The fraction of sp³-hybridized carbons (Fsp3) is 0.500. The van der Waals surface area contributed by atoms with Crippen LogP contribution in [0.25, 0.3) is 0 Å². The highest BCUT2D eigenvalue weighted by Gasteiger charge is 2.31. The maximum atomic E-state index is 12.3. The molecule has 0 saturated heterocycles. The van der Waals surface area contributed by atoms with Crippen LogP contribution in [0.1, 0.15) is 11.1 Å². The van der Waals surface area contributed by atoms with Gasteiger partial charge in [-0.3, -0.25) is 4.90 Å². The quantitative estimate of drug-likeness (QED) is 0.847. The van der Waals surface area contributed by atoms with E-state index in [1.165, 1.54) is 12.1 Å². The molecule has 1 aromatic rings. The Morgan fingerprint density at radius 1 is 0.950 bits per heavy atom. The zero-order chi connectivity index (χ0) is 15.4. The minimum Gasteiger partial charge on any atom is -0.329 e. The third-order valence-corrected chi connectivity index (χ3v) is 2.54. The van der Waals surface area contributed by atoms with Crippen molar-refractivity contribution >= 4 is 0 Å². The number of nitrogens with zero attached hydrogens (tertiary/aromatic N) is 1. The van der Waals surface area contributed by atoms with Crippen molar-refractivity contribution in [2.45, 2.75) is 18.9 Å². The molecule has 2 nitrogen and oxygen atoms in total. The maximum absolute atomic E-state index is 12.3. The van der Waals surface area contributed by atoms with E-state index in [0.29, 0.717) is 5.56 Å². The fourth-order valence-electron chi connectivity index (χ4n) is 1.71. The SMILES string of the molecule is NCCN(Cc1ccc(C(F)(F)F)cc1)CC(F)(F)F. The highest BCUT2D eigenvalue weighted by atomic mass is 19.4. The van der Waals surface area contributed by atoms with Gasteiger partial charge in [-0.15, -0.1) is 0 Å². The number of benzene rings is 1. The Kier molecular flexibility index (Phi) is 5.41. The molecule has 0 aliphatic carbocycles. The molecule has 0 atom stereocenters. The van der Waals surface area contributed by atoms with Crippen molar-refractivity contribution in [3.05, 3.63) is 35.4 Å². The van der Waals surface area contributed by atoms with Crippen molar-refractivity contribution in [3.63, 3.8) is 0 Å². The van der Waals surface area contributed by atoms with Gasteiger partial charge in [-0.05, 0) is 17.7 Å². The molecule has 114 valence electrons. The molecule has 1 rings (SSSR count). The summed E-state index contributed by atoms with van der Waals surface area (Å²) >= 11 is 0. The summed E-state index contributed by atoms with van der Waals surface area (Å²) in [6.45, 7) is -1.20. The number of halogens is 6. The van der Waals surface area contributed by atoms with Crippen molar-refractivity contribution in [1.29, 1.82) is 0 Å². The Hall–Kier alpha value is -1.28. The molecule has 0 heterocycles. The van der Waals surface area contributed by atoms with E-state index >= 15 is 0 Å². The van der Waals surface area contributed by atoms with Gasteiger partial charge < -0.3 is 5.73 Å². The first kappa shape index (κ1) is 16.8. The van der Waals surface area contributed by atoms with Gasteiger partial charge in [0.1, 0.15) is 0 Å². The van der Waals surface area contributed by atoms with E-state index in [2.05, 4.69) is 0 Å². The van der Waals surface area contributed by atoms with Crippen molar-refractivity contribution in [1.82, 2.24) is 4.90 Å². The summed E-state index contributed by atoms with van der Waals surface area (Å²) in [5.74, 6) is 0. The molecule has 0 aliphatic heterocycles. The van der Waals surface area contributed by atoms with Gasteiger partial charge in [0.2, 0.25) is 0 Å². The lowest BCUT2D eigenvalue weighted by Crippen LogP contribution is -2.37. The second kappa shape index (κ2) is 6.45. The number of rotatable bonds is 5. The van der Waals surface area contributed by atoms with Crippen LogP contribution in [0.5, 0.6) is 0 Å². The summed E-state index contributed by atoms with van der Waals surface area (Å²) in [4.78, 5) is 1.04. The topological polar surface area (TPSA) is 29.3 Å². The van der Waals surface area contributed by atoms with Crippen molar-refractivity contribution in [3.8, 4) is 0 Å². The van der Waals surface area contributed by atoms with Crippen LogP contribution in [-0.2, 0) is 12.7 Å². The molecule has 8 heteroatoms. The molecular weight excluding hydrogens is 286 g/mol. The van der Waals surface area contributed by atoms with Gasteiger partial charge in [0.15, 0.2) is 0 Å². The molecule has 0 radical (unpaired) electrons. The monoisotopic (exact) mass is 300 g/mol. The van der Waals surface area contributed by atoms with E-state index in [1.807, 2.05) is 0 Å². The summed E-state index contributed by atoms with van der Waals surface area (Å²) < 4.78 is 74.0. The number of alkyl halides is 6. The first-order valence-electron chi connectivity index (χ1n) is 5.77. The summed E-state index contributed by atoms with van der Waals surface area (Å²) in [5.41, 5.74) is 4.77. The summed E-state index contributed by atoms with van der Waals surface area (Å²) in [5, 5.41) is 0. The normalized spacial score (nSPS) is 13.0. The van der Waals surface area contributed by atoms with Crippen molar-refractivity contribution in [2.24, 2.45) is 5.73 Å². The zero-order valence-corrected chi connectivity index (χ0v) is 10.4. The largest absolute Gasteiger partial charge is 0.416 e. The van der Waals surface area contributed by atoms with Gasteiger partial charge in [-0.2, -0.15) is 26.3 Å². The van der Waals surface area contributed by atoms with Crippen molar-refractivity contribution in [2.75, 3.05) is 19.6 Å². The zero-order valence-electron chi connectivity index (χ0n) is 10.4. The Morgan fingerprint density at radius 2 is 1.50 bits per heavy atom. The van der Waals surface area contributed by atoms with E-state index in [9.17, 15) is 26.3 Å². The molecule has 0 aliphatic rings. The highest BCUT2D eigenvalue weighted by Crippen LogP contribution is 2.29. The Bertz CT molecular complexity index is 409. The molecule has 0 amide bonds. The minimum absolute atomic E-state index is 0.0144. The minimum atomic E-state index is -4.46. The van der Waals surface area contributed by atoms with E-state index in [4.69, 9.17) is 5.73 Å². The van der Waals surface area contributed by atoms with Gasteiger partial charge in [0.05, 0.1) is 12.1 Å². The lowest BCUT2D eigenvalue weighted by molar-refractivity contribution is -0.146. The van der Waals surface area contributed by atoms with E-state index in [0.717, 1.165) is 17.0 Å². The molecule has 1 aromatic carbocycles. The summed E-state index contributed by atoms with van der Waals surface area (Å²) in [6.07, 6.45) is -8.83. The van der Waals surface area contributed by atoms with Crippen LogP contribution >= 0.6 is 0 Å². The van der Waals surface area contributed by atoms with Crippen LogP contribution in [0.3, 0.4) is 0 Å². The molecule has 0 aromatic heterocycles. The molecule has 0 unspecified atom stereocenters. The van der Waals surface area contributed by atoms with Crippen LogP contribution in [0.2, 0.25) is 0 Å². The summed E-state index contributed by atoms with van der Waals surface area (Å²) in [6, 6.07) is 4.04. The lowest BCUT2D eigenvalue weighted by Gasteiger charge is -2.23. The maximum Gasteiger partial charge on any atom is 0.416 e. The van der Waals surface area contributed by atoms with Crippen LogP contribution in [-0.4, -0.2) is 30.7 Å². The predicted octanol–water partition coefficient (Wildman–Crippen LogP) is 3.03. The van der Waals surface area contributed by atoms with Gasteiger partial charge in [-0.1, -0.05) is 12.1 Å². The average molecular weight is 300 g/mol. The van der Waals surface area contributed by atoms with Crippen LogP contribution in [0, 0.1) is 0 Å². The van der Waals surface area contributed by atoms with Crippen molar-refractivity contribution < 1.29 is 26.3 Å². The van der Waals surface area contributed by atoms with Crippen LogP contribution in [0.15, 0.2) is 24.3 Å². The number of hydrogen-bond donors (Lipinski definition) is 1. The second-order valence-electron chi connectivity index (χ2n) is 4.31. The standard InChI is InChI=1S/C12H14F6N2/c13-11(14,15)8-20(6-5-19)7-9-1-3-10(4-2-9)12(16,17)18/h1-4H,5-8,19H2. The van der Waals surface area contributed by atoms with E-state index in [-0.39, 0.29) is 19.6 Å². The molecule has 20 heavy (non-hydrogen) atoms. The number of hydrogen-bond acceptors (Lipinski definition) is 2. The van der Waals surface area contributed by atoms with E-state index in [1.54, 1.807) is 0 Å². The third kappa shape index (κ3) is 5.79. The number of nitrogens with two attached hydrogens (primary N) is 1. The molecule has 0 saturated carbocycles. The second-order valence-corrected chi connectivity index (χ2v) is 4.31. The average Bonchev–Trinajstić information content (AvgIpc) is 2.26. The Balaban J connectivity index is 2.74. The molecule has 0 bridgehead atoms. The van der Waals surface area contributed by atoms with E-state index < -0.39 is 24.5 Å². The van der Waals surface area contributed by atoms with Gasteiger partial charge in [0.25, 0.3) is 0 Å². The van der Waals surface area contributed by atoms with Gasteiger partial charge >= 0.3 is 12.4 Å². The third-order valence-electron chi connectivity index (χ3n) is 2.54. The molecule has 0 spiro atoms. The van der Waals surface area contributed by atoms with Gasteiger partial charge in [0, 0.05) is 19.6 Å². The Morgan fingerprint density at radius 3 is 1.90 bits per heavy atom. The lowest BCUT2D eigenvalue weighted by atomic mass is 10.1. The van der Waals surface area contributed by atoms with Crippen LogP contribution in [0.4, 0.5) is 26.3 Å². The van der Waals surface area contributed by atoms with Crippen LogP contribution < -0.4 is 5.73 Å². The predicted molar refractivity (Wildman–Crippen MR) is 61.8 cm³/mol. The highest BCUT2D eigenvalue weighted by molar-refractivity contribution is 5.24. The van der Waals surface area contributed by atoms with Gasteiger partial charge in [-0.25, -0.2) is 0 Å². The summed E-state index contributed by atoms with van der Waals surface area (Å²) in [7, 11) is 0. The molecular formula is C12H14F6N2. The first-order valence-corrected chi connectivity index (χ1v) is 5.77.